The smallest absolute Gasteiger partial charge is 0.258 e. The first-order chi connectivity index (χ1) is 14.8. The number of piperidine rings is 1. The van der Waals surface area contributed by atoms with Crippen molar-refractivity contribution in [3.05, 3.63) is 81.0 Å². The van der Waals surface area contributed by atoms with Gasteiger partial charge in [-0.05, 0) is 31.0 Å². The lowest BCUT2D eigenvalue weighted by molar-refractivity contribution is -0.387. The largest absolute Gasteiger partial charge is 0.350 e. The summed E-state index contributed by atoms with van der Waals surface area (Å²) in [6, 6.07) is 14.4. The number of para-hydroxylation sites is 2. The van der Waals surface area contributed by atoms with Crippen LogP contribution in [0.25, 0.3) is 5.69 Å². The highest BCUT2D eigenvalue weighted by Gasteiger charge is 2.36. The Hall–Kier alpha value is -3.31. The quantitative estimate of drug-likeness (QED) is 0.440. The molecule has 10 nitrogen and oxygen atoms in total. The first-order valence-electron chi connectivity index (χ1n) is 9.75. The van der Waals surface area contributed by atoms with Gasteiger partial charge in [0.1, 0.15) is 5.82 Å². The minimum absolute atomic E-state index is 0.0810. The highest BCUT2D eigenvalue weighted by molar-refractivity contribution is 7.89. The van der Waals surface area contributed by atoms with Crippen LogP contribution in [0.15, 0.2) is 64.3 Å². The topological polar surface area (TPSA) is 120 Å². The van der Waals surface area contributed by atoms with Gasteiger partial charge in [0.25, 0.3) is 5.69 Å². The van der Waals surface area contributed by atoms with Crippen LogP contribution in [-0.4, -0.2) is 45.1 Å². The minimum atomic E-state index is -4.09. The lowest BCUT2D eigenvalue weighted by Gasteiger charge is -2.31. The van der Waals surface area contributed by atoms with E-state index in [1.165, 1.54) is 37.8 Å². The van der Waals surface area contributed by atoms with Crippen molar-refractivity contribution >= 4 is 15.7 Å². The fourth-order valence-electron chi connectivity index (χ4n) is 3.90. The van der Waals surface area contributed by atoms with Gasteiger partial charge in [-0.25, -0.2) is 22.5 Å². The maximum absolute atomic E-state index is 13.2. The van der Waals surface area contributed by atoms with E-state index < -0.39 is 20.6 Å². The molecule has 0 spiro atoms. The molecule has 3 aromatic rings. The summed E-state index contributed by atoms with van der Waals surface area (Å²) in [5.41, 5.74) is -0.127. The maximum Gasteiger partial charge on any atom is 0.350 e. The van der Waals surface area contributed by atoms with E-state index in [9.17, 15) is 23.3 Å². The summed E-state index contributed by atoms with van der Waals surface area (Å²) in [4.78, 5) is 23.0. The van der Waals surface area contributed by atoms with Crippen molar-refractivity contribution in [2.45, 2.75) is 23.7 Å². The molecule has 0 bridgehead atoms. The highest BCUT2D eigenvalue weighted by Crippen LogP contribution is 2.32. The molecule has 0 radical (unpaired) electrons. The van der Waals surface area contributed by atoms with Gasteiger partial charge in [-0.1, -0.05) is 30.3 Å². The Morgan fingerprint density at radius 2 is 1.77 bits per heavy atom. The molecule has 0 amide bonds. The molecule has 4 rings (SSSR count). The number of nitro groups is 1. The molecule has 0 N–H and O–H groups in total. The predicted octanol–water partition coefficient (Wildman–Crippen LogP) is 2.05. The third-order valence-electron chi connectivity index (χ3n) is 5.39. The van der Waals surface area contributed by atoms with E-state index in [-0.39, 0.29) is 29.6 Å². The van der Waals surface area contributed by atoms with Crippen LogP contribution >= 0.6 is 0 Å². The van der Waals surface area contributed by atoms with E-state index in [1.807, 2.05) is 18.2 Å². The number of hydrogen-bond acceptors (Lipinski definition) is 6. The number of rotatable bonds is 5. The number of benzene rings is 2. The van der Waals surface area contributed by atoms with Crippen LogP contribution in [0.3, 0.4) is 0 Å². The van der Waals surface area contributed by atoms with Crippen LogP contribution in [0.1, 0.15) is 24.6 Å². The zero-order valence-corrected chi connectivity index (χ0v) is 17.6. The van der Waals surface area contributed by atoms with Gasteiger partial charge < -0.3 is 0 Å². The summed E-state index contributed by atoms with van der Waals surface area (Å²) in [5.74, 6) is 0.140. The zero-order valence-electron chi connectivity index (χ0n) is 16.8. The molecule has 2 heterocycles. The van der Waals surface area contributed by atoms with E-state index in [0.717, 1.165) is 0 Å². The van der Waals surface area contributed by atoms with Crippen molar-refractivity contribution in [3.63, 3.8) is 0 Å². The maximum atomic E-state index is 13.2. The first kappa shape index (κ1) is 20.9. The van der Waals surface area contributed by atoms with Crippen molar-refractivity contribution in [3.8, 4) is 5.69 Å². The Morgan fingerprint density at radius 1 is 1.10 bits per heavy atom. The summed E-state index contributed by atoms with van der Waals surface area (Å²) in [7, 11) is -2.54. The Morgan fingerprint density at radius 3 is 2.48 bits per heavy atom. The fraction of sp³-hybridized carbons (Fsp3) is 0.300. The van der Waals surface area contributed by atoms with Gasteiger partial charge in [-0.3, -0.25) is 10.1 Å². The molecule has 2 aromatic carbocycles. The summed E-state index contributed by atoms with van der Waals surface area (Å²) < 4.78 is 30.5. The average molecular weight is 443 g/mol. The molecular formula is C20H21N5O5S. The second kappa shape index (κ2) is 8.08. The molecule has 1 aliphatic heterocycles. The molecule has 1 atom stereocenters. The fourth-order valence-corrected chi connectivity index (χ4v) is 5.59. The molecule has 0 saturated carbocycles. The molecule has 1 unspecified atom stereocenters. The Bertz CT molecular complexity index is 1280. The number of aryl methyl sites for hydroxylation is 1. The number of nitro benzene ring substituents is 1. The number of sulfonamides is 1. The second-order valence-electron chi connectivity index (χ2n) is 7.36. The molecule has 162 valence electrons. The van der Waals surface area contributed by atoms with E-state index in [1.54, 1.807) is 19.2 Å². The lowest BCUT2D eigenvalue weighted by Crippen LogP contribution is -2.40. The van der Waals surface area contributed by atoms with E-state index in [0.29, 0.717) is 24.4 Å². The van der Waals surface area contributed by atoms with Gasteiger partial charge in [0.05, 0.1) is 10.6 Å². The number of nitrogens with zero attached hydrogens (tertiary/aromatic N) is 5. The monoisotopic (exact) mass is 443 g/mol. The molecule has 1 aromatic heterocycles. The van der Waals surface area contributed by atoms with Crippen LogP contribution in [0, 0.1) is 10.1 Å². The van der Waals surface area contributed by atoms with Crippen molar-refractivity contribution in [1.82, 2.24) is 18.7 Å². The Balaban J connectivity index is 1.72. The van der Waals surface area contributed by atoms with Crippen LogP contribution in [0.4, 0.5) is 5.69 Å². The Kier molecular flexibility index (Phi) is 5.46. The normalized spacial score (nSPS) is 17.5. The minimum Gasteiger partial charge on any atom is -0.258 e. The zero-order chi connectivity index (χ0) is 22.2. The third kappa shape index (κ3) is 3.77. The molecule has 0 aliphatic carbocycles. The summed E-state index contributed by atoms with van der Waals surface area (Å²) in [5, 5.41) is 15.7. The lowest BCUT2D eigenvalue weighted by atomic mass is 9.98. The molecule has 31 heavy (non-hydrogen) atoms. The average Bonchev–Trinajstić information content (AvgIpc) is 3.08. The van der Waals surface area contributed by atoms with Crippen LogP contribution in [0.5, 0.6) is 0 Å². The van der Waals surface area contributed by atoms with E-state index in [2.05, 4.69) is 5.10 Å². The Labute approximate surface area is 178 Å². The van der Waals surface area contributed by atoms with Gasteiger partial charge in [0.2, 0.25) is 10.0 Å². The van der Waals surface area contributed by atoms with Gasteiger partial charge in [-0.2, -0.15) is 9.40 Å². The van der Waals surface area contributed by atoms with Crippen molar-refractivity contribution in [1.29, 1.82) is 0 Å². The molecule has 1 saturated heterocycles. The van der Waals surface area contributed by atoms with Crippen molar-refractivity contribution < 1.29 is 13.3 Å². The van der Waals surface area contributed by atoms with Gasteiger partial charge in [0, 0.05) is 32.1 Å². The van der Waals surface area contributed by atoms with E-state index in [4.69, 9.17) is 0 Å². The van der Waals surface area contributed by atoms with Crippen molar-refractivity contribution in [2.75, 3.05) is 13.1 Å². The molecular weight excluding hydrogens is 422 g/mol. The van der Waals surface area contributed by atoms with E-state index >= 15 is 0 Å². The van der Waals surface area contributed by atoms with Crippen LogP contribution in [-0.2, 0) is 17.1 Å². The SMILES string of the molecule is Cn1nc(C2CCCN(S(=O)(=O)c3ccccc3[N+](=O)[O-])C2)n(-c2ccccc2)c1=O. The second-order valence-corrected chi connectivity index (χ2v) is 9.27. The number of hydrogen-bond donors (Lipinski definition) is 0. The van der Waals surface area contributed by atoms with Gasteiger partial charge >= 0.3 is 5.69 Å². The van der Waals surface area contributed by atoms with Crippen LogP contribution < -0.4 is 5.69 Å². The highest BCUT2D eigenvalue weighted by atomic mass is 32.2. The standard InChI is InChI=1S/C20H21N5O5S/c1-22-20(26)24(16-9-3-2-4-10-16)19(21-22)15-8-7-13-23(14-15)31(29,30)18-12-6-5-11-17(18)25(27)28/h2-6,9-12,15H,7-8,13-14H2,1H3. The molecule has 11 heteroatoms. The van der Waals surface area contributed by atoms with Crippen molar-refractivity contribution in [2.24, 2.45) is 7.05 Å². The summed E-state index contributed by atoms with van der Waals surface area (Å²) in [6.45, 7) is 0.324. The first-order valence-corrected chi connectivity index (χ1v) is 11.2. The predicted molar refractivity (Wildman–Crippen MR) is 113 cm³/mol. The van der Waals surface area contributed by atoms with Gasteiger partial charge in [-0.15, -0.1) is 0 Å². The molecule has 1 aliphatic rings. The third-order valence-corrected chi connectivity index (χ3v) is 7.31. The summed E-state index contributed by atoms with van der Waals surface area (Å²) >= 11 is 0. The summed E-state index contributed by atoms with van der Waals surface area (Å²) in [6.07, 6.45) is 1.19. The number of aromatic nitrogens is 3. The van der Waals surface area contributed by atoms with Crippen LogP contribution in [0.2, 0.25) is 0 Å². The molecule has 1 fully saturated rings. The van der Waals surface area contributed by atoms with Gasteiger partial charge in [0.15, 0.2) is 4.90 Å².